The lowest BCUT2D eigenvalue weighted by Gasteiger charge is -2.29. The Morgan fingerprint density at radius 2 is 2.14 bits per heavy atom. The lowest BCUT2D eigenvalue weighted by atomic mass is 10.0. The zero-order valence-corrected chi connectivity index (χ0v) is 12.8. The summed E-state index contributed by atoms with van der Waals surface area (Å²) in [5.74, 6) is -1.81. The summed E-state index contributed by atoms with van der Waals surface area (Å²) < 4.78 is 5.25. The number of aliphatic carboxylic acids is 1. The molecule has 1 saturated heterocycles. The topological polar surface area (TPSA) is 66.8 Å². The second-order valence-corrected chi connectivity index (χ2v) is 5.51. The quantitative estimate of drug-likeness (QED) is 0.926. The first-order chi connectivity index (χ1) is 9.95. The van der Waals surface area contributed by atoms with Crippen LogP contribution in [0.2, 0.25) is 5.02 Å². The average molecular weight is 312 g/mol. The van der Waals surface area contributed by atoms with Crippen molar-refractivity contribution in [2.45, 2.75) is 19.9 Å². The minimum absolute atomic E-state index is 0.142. The Morgan fingerprint density at radius 1 is 1.43 bits per heavy atom. The molecule has 1 aliphatic rings. The number of hydrogen-bond acceptors (Lipinski definition) is 3. The Hall–Kier alpha value is -1.59. The standard InChI is InChI=1S/C15H18ClNO4/c1-3-17(13-8-21-7-11(13)15(19)20)14(18)10-4-5-12(16)9(2)6-10/h4-6,11,13H,3,7-8H2,1-2H3,(H,19,20). The fraction of sp³-hybridized carbons (Fsp3) is 0.467. The molecule has 1 aliphatic heterocycles. The smallest absolute Gasteiger partial charge is 0.311 e. The van der Waals surface area contributed by atoms with E-state index in [0.717, 1.165) is 5.56 Å². The molecule has 0 aromatic heterocycles. The molecule has 2 unspecified atom stereocenters. The minimum atomic E-state index is -0.934. The van der Waals surface area contributed by atoms with Crippen molar-refractivity contribution in [3.63, 3.8) is 0 Å². The molecule has 1 heterocycles. The number of carbonyl (C=O) groups is 2. The van der Waals surface area contributed by atoms with Gasteiger partial charge in [-0.2, -0.15) is 0 Å². The maximum absolute atomic E-state index is 12.6. The maximum atomic E-state index is 12.6. The van der Waals surface area contributed by atoms with Crippen molar-refractivity contribution >= 4 is 23.5 Å². The molecule has 1 amide bonds. The molecule has 0 bridgehead atoms. The van der Waals surface area contributed by atoms with E-state index in [0.29, 0.717) is 17.1 Å². The first-order valence-corrected chi connectivity index (χ1v) is 7.21. The molecule has 5 nitrogen and oxygen atoms in total. The molecule has 1 fully saturated rings. The number of rotatable bonds is 4. The van der Waals surface area contributed by atoms with Gasteiger partial charge in [0.1, 0.15) is 5.92 Å². The summed E-state index contributed by atoms with van der Waals surface area (Å²) in [6, 6.07) is 4.62. The van der Waals surface area contributed by atoms with Crippen LogP contribution in [0.15, 0.2) is 18.2 Å². The van der Waals surface area contributed by atoms with Crippen LogP contribution in [0.3, 0.4) is 0 Å². The Labute approximate surface area is 128 Å². The Morgan fingerprint density at radius 3 is 2.71 bits per heavy atom. The van der Waals surface area contributed by atoms with Crippen molar-refractivity contribution in [1.29, 1.82) is 0 Å². The van der Waals surface area contributed by atoms with Gasteiger partial charge in [-0.25, -0.2) is 0 Å². The van der Waals surface area contributed by atoms with Crippen LogP contribution in [0.5, 0.6) is 0 Å². The molecule has 0 spiro atoms. The van der Waals surface area contributed by atoms with E-state index in [1.807, 2.05) is 13.8 Å². The SMILES string of the molecule is CCN(C(=O)c1ccc(Cl)c(C)c1)C1COCC1C(=O)O. The van der Waals surface area contributed by atoms with E-state index in [-0.39, 0.29) is 19.1 Å². The van der Waals surface area contributed by atoms with Crippen molar-refractivity contribution in [2.24, 2.45) is 5.92 Å². The van der Waals surface area contributed by atoms with Gasteiger partial charge >= 0.3 is 5.97 Å². The van der Waals surface area contributed by atoms with Crippen molar-refractivity contribution in [3.8, 4) is 0 Å². The van der Waals surface area contributed by atoms with Crippen LogP contribution >= 0.6 is 11.6 Å². The van der Waals surface area contributed by atoms with Crippen LogP contribution in [0.25, 0.3) is 0 Å². The van der Waals surface area contributed by atoms with Gasteiger partial charge in [0, 0.05) is 17.1 Å². The van der Waals surface area contributed by atoms with E-state index in [2.05, 4.69) is 0 Å². The van der Waals surface area contributed by atoms with Crippen molar-refractivity contribution in [1.82, 2.24) is 4.90 Å². The summed E-state index contributed by atoms with van der Waals surface area (Å²) in [5, 5.41) is 9.82. The Balaban J connectivity index is 2.26. The number of nitrogens with zero attached hydrogens (tertiary/aromatic N) is 1. The summed E-state index contributed by atoms with van der Waals surface area (Å²) in [7, 11) is 0. The number of likely N-dealkylation sites (N-methyl/N-ethyl adjacent to an activating group) is 1. The van der Waals surface area contributed by atoms with E-state index in [1.165, 1.54) is 0 Å². The monoisotopic (exact) mass is 311 g/mol. The van der Waals surface area contributed by atoms with Crippen LogP contribution in [0.1, 0.15) is 22.8 Å². The largest absolute Gasteiger partial charge is 0.481 e. The minimum Gasteiger partial charge on any atom is -0.481 e. The van der Waals surface area contributed by atoms with Gasteiger partial charge in [0.15, 0.2) is 0 Å². The fourth-order valence-electron chi connectivity index (χ4n) is 2.56. The number of aryl methyl sites for hydroxylation is 1. The highest BCUT2D eigenvalue weighted by Crippen LogP contribution is 2.23. The number of hydrogen-bond donors (Lipinski definition) is 1. The highest BCUT2D eigenvalue weighted by atomic mass is 35.5. The highest BCUT2D eigenvalue weighted by Gasteiger charge is 2.39. The number of amides is 1. The van der Waals surface area contributed by atoms with Crippen LogP contribution < -0.4 is 0 Å². The van der Waals surface area contributed by atoms with Gasteiger partial charge < -0.3 is 14.7 Å². The molecule has 0 radical (unpaired) electrons. The van der Waals surface area contributed by atoms with Gasteiger partial charge in [0.2, 0.25) is 0 Å². The second kappa shape index (κ2) is 6.45. The Bertz CT molecular complexity index is 561. The molecule has 1 aromatic carbocycles. The van der Waals surface area contributed by atoms with Gasteiger partial charge in [0.25, 0.3) is 5.91 Å². The molecule has 2 atom stereocenters. The van der Waals surface area contributed by atoms with Crippen LogP contribution in [-0.2, 0) is 9.53 Å². The zero-order chi connectivity index (χ0) is 15.6. The summed E-state index contributed by atoms with van der Waals surface area (Å²) in [4.78, 5) is 25.4. The molecule has 6 heteroatoms. The highest BCUT2D eigenvalue weighted by molar-refractivity contribution is 6.31. The number of carboxylic acids is 1. The van der Waals surface area contributed by atoms with E-state index in [1.54, 1.807) is 23.1 Å². The molecule has 1 aromatic rings. The number of carbonyl (C=O) groups excluding carboxylic acids is 1. The molecule has 21 heavy (non-hydrogen) atoms. The van der Waals surface area contributed by atoms with Gasteiger partial charge in [-0.05, 0) is 37.6 Å². The Kier molecular flexibility index (Phi) is 4.85. The summed E-state index contributed by atoms with van der Waals surface area (Å²) >= 11 is 5.97. The molecule has 1 N–H and O–H groups in total. The summed E-state index contributed by atoms with van der Waals surface area (Å²) in [6.45, 7) is 4.48. The van der Waals surface area contributed by atoms with Gasteiger partial charge in [-0.15, -0.1) is 0 Å². The number of benzene rings is 1. The number of ether oxygens (including phenoxy) is 1. The van der Waals surface area contributed by atoms with Crippen LogP contribution in [-0.4, -0.2) is 47.7 Å². The van der Waals surface area contributed by atoms with Crippen LogP contribution in [0, 0.1) is 12.8 Å². The van der Waals surface area contributed by atoms with Gasteiger partial charge in [-0.1, -0.05) is 11.6 Å². The zero-order valence-electron chi connectivity index (χ0n) is 12.0. The summed E-state index contributed by atoms with van der Waals surface area (Å²) in [6.07, 6.45) is 0. The predicted molar refractivity (Wildman–Crippen MR) is 78.6 cm³/mol. The van der Waals surface area contributed by atoms with E-state index < -0.39 is 17.9 Å². The van der Waals surface area contributed by atoms with Gasteiger partial charge in [-0.3, -0.25) is 9.59 Å². The average Bonchev–Trinajstić information content (AvgIpc) is 2.92. The first kappa shape index (κ1) is 15.8. The third-order valence-corrected chi connectivity index (χ3v) is 4.20. The molecular formula is C15H18ClNO4. The molecule has 0 aliphatic carbocycles. The van der Waals surface area contributed by atoms with E-state index in [4.69, 9.17) is 16.3 Å². The molecular weight excluding hydrogens is 294 g/mol. The molecule has 2 rings (SSSR count). The van der Waals surface area contributed by atoms with Crippen LogP contribution in [0.4, 0.5) is 0 Å². The van der Waals surface area contributed by atoms with E-state index in [9.17, 15) is 14.7 Å². The van der Waals surface area contributed by atoms with E-state index >= 15 is 0 Å². The second-order valence-electron chi connectivity index (χ2n) is 5.10. The predicted octanol–water partition coefficient (Wildman–Crippen LogP) is 2.21. The van der Waals surface area contributed by atoms with Crippen molar-refractivity contribution in [3.05, 3.63) is 34.3 Å². The third-order valence-electron chi connectivity index (χ3n) is 3.77. The fourth-order valence-corrected chi connectivity index (χ4v) is 2.68. The first-order valence-electron chi connectivity index (χ1n) is 6.83. The molecule has 0 saturated carbocycles. The van der Waals surface area contributed by atoms with Crippen molar-refractivity contribution < 1.29 is 19.4 Å². The van der Waals surface area contributed by atoms with Crippen molar-refractivity contribution in [2.75, 3.05) is 19.8 Å². The molecule has 114 valence electrons. The normalized spacial score (nSPS) is 21.3. The number of halogens is 1. The maximum Gasteiger partial charge on any atom is 0.311 e. The number of carboxylic acid groups (broad SMARTS) is 1. The lowest BCUT2D eigenvalue weighted by molar-refractivity contribution is -0.142. The third kappa shape index (κ3) is 3.19. The summed E-state index contributed by atoms with van der Waals surface area (Å²) in [5.41, 5.74) is 1.32. The lowest BCUT2D eigenvalue weighted by Crippen LogP contribution is -2.46. The van der Waals surface area contributed by atoms with Gasteiger partial charge in [0.05, 0.1) is 19.3 Å².